The smallest absolute Gasteiger partial charge is 0.265 e. The number of amides is 1. The molecule has 2 aromatic rings. The molecule has 6 heteroatoms. The van der Waals surface area contributed by atoms with Gasteiger partial charge in [-0.05, 0) is 50.8 Å². The third-order valence-electron chi connectivity index (χ3n) is 4.86. The van der Waals surface area contributed by atoms with Gasteiger partial charge < -0.3 is 14.4 Å². The average Bonchev–Trinajstić information content (AvgIpc) is 3.41. The third-order valence-corrected chi connectivity index (χ3v) is 6.05. The summed E-state index contributed by atoms with van der Waals surface area (Å²) in [5.74, 6) is 2.03. The van der Waals surface area contributed by atoms with E-state index in [1.54, 1.807) is 14.2 Å². The van der Waals surface area contributed by atoms with Gasteiger partial charge in [-0.3, -0.25) is 4.79 Å². The molecule has 0 bridgehead atoms. The molecule has 0 N–H and O–H groups in total. The van der Waals surface area contributed by atoms with Crippen molar-refractivity contribution in [2.75, 3.05) is 21.3 Å². The standard InChI is InChI=1S/C19H24N2O3S/c1-11-17(19(22)21(3)12(2)13-6-7-13)25-18(20-11)14-8-9-15(23-4)16(10-14)24-5/h8-10,12-13H,6-7H2,1-5H3. The summed E-state index contributed by atoms with van der Waals surface area (Å²) >= 11 is 1.43. The molecule has 1 aliphatic carbocycles. The molecular weight excluding hydrogens is 336 g/mol. The SMILES string of the molecule is COc1ccc(-c2nc(C)c(C(=O)N(C)C(C)C3CC3)s2)cc1OC. The highest BCUT2D eigenvalue weighted by atomic mass is 32.1. The number of hydrogen-bond acceptors (Lipinski definition) is 5. The molecule has 134 valence electrons. The number of aromatic nitrogens is 1. The van der Waals surface area contributed by atoms with E-state index in [0.29, 0.717) is 22.3 Å². The summed E-state index contributed by atoms with van der Waals surface area (Å²) in [6.45, 7) is 4.02. The molecule has 1 unspecified atom stereocenters. The fourth-order valence-corrected chi connectivity index (χ4v) is 3.97. The summed E-state index contributed by atoms with van der Waals surface area (Å²) in [4.78, 5) is 20.0. The van der Waals surface area contributed by atoms with E-state index >= 15 is 0 Å². The molecule has 0 spiro atoms. The van der Waals surface area contributed by atoms with Crippen molar-refractivity contribution in [2.24, 2.45) is 5.92 Å². The van der Waals surface area contributed by atoms with E-state index < -0.39 is 0 Å². The maximum absolute atomic E-state index is 12.9. The van der Waals surface area contributed by atoms with E-state index in [9.17, 15) is 4.79 Å². The molecule has 1 saturated carbocycles. The molecular formula is C19H24N2O3S. The molecule has 25 heavy (non-hydrogen) atoms. The van der Waals surface area contributed by atoms with Crippen molar-refractivity contribution >= 4 is 17.2 Å². The van der Waals surface area contributed by atoms with Crippen LogP contribution in [0.1, 0.15) is 35.1 Å². The molecule has 5 nitrogen and oxygen atoms in total. The Morgan fingerprint density at radius 2 is 1.96 bits per heavy atom. The summed E-state index contributed by atoms with van der Waals surface area (Å²) in [5, 5.41) is 0.814. The summed E-state index contributed by atoms with van der Waals surface area (Å²) in [7, 11) is 5.11. The van der Waals surface area contributed by atoms with E-state index in [2.05, 4.69) is 11.9 Å². The monoisotopic (exact) mass is 360 g/mol. The van der Waals surface area contributed by atoms with E-state index in [1.165, 1.54) is 24.2 Å². The zero-order chi connectivity index (χ0) is 18.1. The summed E-state index contributed by atoms with van der Waals surface area (Å²) in [6, 6.07) is 5.96. The molecule has 0 radical (unpaired) electrons. The van der Waals surface area contributed by atoms with Gasteiger partial charge in [0.15, 0.2) is 11.5 Å². The minimum atomic E-state index is 0.0566. The predicted molar refractivity (Wildman–Crippen MR) is 99.7 cm³/mol. The molecule has 1 aliphatic rings. The second-order valence-corrected chi connectivity index (χ2v) is 7.50. The molecule has 1 fully saturated rings. The van der Waals surface area contributed by atoms with Crippen molar-refractivity contribution in [3.05, 3.63) is 28.8 Å². The lowest BCUT2D eigenvalue weighted by atomic mass is 10.2. The highest BCUT2D eigenvalue weighted by molar-refractivity contribution is 7.17. The second kappa shape index (κ2) is 7.04. The van der Waals surface area contributed by atoms with E-state index in [-0.39, 0.29) is 11.9 Å². The van der Waals surface area contributed by atoms with Gasteiger partial charge in [0.25, 0.3) is 5.91 Å². The maximum Gasteiger partial charge on any atom is 0.265 e. The zero-order valence-electron chi connectivity index (χ0n) is 15.3. The van der Waals surface area contributed by atoms with Crippen LogP contribution in [0.4, 0.5) is 0 Å². The fourth-order valence-electron chi connectivity index (χ4n) is 2.93. The van der Waals surface area contributed by atoms with Gasteiger partial charge in [-0.25, -0.2) is 4.98 Å². The zero-order valence-corrected chi connectivity index (χ0v) is 16.1. The van der Waals surface area contributed by atoms with Crippen LogP contribution in [0.2, 0.25) is 0 Å². The summed E-state index contributed by atoms with van der Waals surface area (Å²) in [6.07, 6.45) is 2.44. The number of rotatable bonds is 6. The van der Waals surface area contributed by atoms with Gasteiger partial charge in [-0.1, -0.05) is 0 Å². The number of hydrogen-bond donors (Lipinski definition) is 0. The quantitative estimate of drug-likeness (QED) is 0.781. The third kappa shape index (κ3) is 3.49. The number of ether oxygens (including phenoxy) is 2. The van der Waals surface area contributed by atoms with Crippen LogP contribution in [-0.4, -0.2) is 43.1 Å². The Hall–Kier alpha value is -2.08. The first-order chi connectivity index (χ1) is 12.0. The van der Waals surface area contributed by atoms with Gasteiger partial charge in [-0.2, -0.15) is 0 Å². The van der Waals surface area contributed by atoms with Gasteiger partial charge in [0.05, 0.1) is 19.9 Å². The number of aryl methyl sites for hydroxylation is 1. The van der Waals surface area contributed by atoms with E-state index in [4.69, 9.17) is 9.47 Å². The van der Waals surface area contributed by atoms with Crippen molar-refractivity contribution in [2.45, 2.75) is 32.7 Å². The minimum absolute atomic E-state index is 0.0566. The Labute approximate surface area is 152 Å². The Morgan fingerprint density at radius 1 is 1.28 bits per heavy atom. The fraction of sp³-hybridized carbons (Fsp3) is 0.474. The maximum atomic E-state index is 12.9. The molecule has 0 saturated heterocycles. The molecule has 1 atom stereocenters. The molecule has 1 amide bonds. The van der Waals surface area contributed by atoms with Crippen molar-refractivity contribution in [1.29, 1.82) is 0 Å². The average molecular weight is 360 g/mol. The number of carbonyl (C=O) groups is 1. The summed E-state index contributed by atoms with van der Waals surface area (Å²) < 4.78 is 10.6. The van der Waals surface area contributed by atoms with Gasteiger partial charge in [-0.15, -0.1) is 11.3 Å². The molecule has 1 heterocycles. The second-order valence-electron chi connectivity index (χ2n) is 6.50. The van der Waals surface area contributed by atoms with Crippen LogP contribution in [0.25, 0.3) is 10.6 Å². The summed E-state index contributed by atoms with van der Waals surface area (Å²) in [5.41, 5.74) is 1.69. The lowest BCUT2D eigenvalue weighted by molar-refractivity contribution is 0.0731. The van der Waals surface area contributed by atoms with Crippen LogP contribution >= 0.6 is 11.3 Å². The number of carbonyl (C=O) groups excluding carboxylic acids is 1. The van der Waals surface area contributed by atoms with Gasteiger partial charge in [0.2, 0.25) is 0 Å². The number of methoxy groups -OCH3 is 2. The van der Waals surface area contributed by atoms with Crippen LogP contribution in [0.15, 0.2) is 18.2 Å². The van der Waals surface area contributed by atoms with Crippen molar-refractivity contribution < 1.29 is 14.3 Å². The topological polar surface area (TPSA) is 51.7 Å². The van der Waals surface area contributed by atoms with E-state index in [0.717, 1.165) is 16.3 Å². The lowest BCUT2D eigenvalue weighted by Crippen LogP contribution is -2.36. The largest absolute Gasteiger partial charge is 0.493 e. The van der Waals surface area contributed by atoms with Crippen LogP contribution in [0.3, 0.4) is 0 Å². The first-order valence-corrected chi connectivity index (χ1v) is 9.25. The van der Waals surface area contributed by atoms with Gasteiger partial charge in [0, 0.05) is 18.7 Å². The minimum Gasteiger partial charge on any atom is -0.493 e. The Bertz CT molecular complexity index is 783. The molecule has 0 aliphatic heterocycles. The highest BCUT2D eigenvalue weighted by Gasteiger charge is 2.33. The highest BCUT2D eigenvalue weighted by Crippen LogP contribution is 2.37. The molecule has 1 aromatic carbocycles. The van der Waals surface area contributed by atoms with Crippen LogP contribution in [0.5, 0.6) is 11.5 Å². The predicted octanol–water partition coefficient (Wildman–Crippen LogP) is 4.01. The Balaban J connectivity index is 1.88. The Morgan fingerprint density at radius 3 is 2.56 bits per heavy atom. The van der Waals surface area contributed by atoms with Crippen LogP contribution in [-0.2, 0) is 0 Å². The first-order valence-electron chi connectivity index (χ1n) is 8.43. The number of nitrogens with zero attached hydrogens (tertiary/aromatic N) is 2. The van der Waals surface area contributed by atoms with Crippen molar-refractivity contribution in [3.8, 4) is 22.1 Å². The van der Waals surface area contributed by atoms with Crippen molar-refractivity contribution in [3.63, 3.8) is 0 Å². The number of benzene rings is 1. The Kier molecular flexibility index (Phi) is 4.99. The van der Waals surface area contributed by atoms with Crippen LogP contribution < -0.4 is 9.47 Å². The van der Waals surface area contributed by atoms with E-state index in [1.807, 2.05) is 37.1 Å². The van der Waals surface area contributed by atoms with Gasteiger partial charge >= 0.3 is 0 Å². The number of thiazole rings is 1. The molecule has 3 rings (SSSR count). The van der Waals surface area contributed by atoms with Crippen molar-refractivity contribution in [1.82, 2.24) is 9.88 Å². The molecule has 1 aromatic heterocycles. The first kappa shape index (κ1) is 17.7. The normalized spacial score (nSPS) is 14.9. The van der Waals surface area contributed by atoms with Gasteiger partial charge in [0.1, 0.15) is 9.88 Å². The van der Waals surface area contributed by atoms with Crippen LogP contribution in [0, 0.1) is 12.8 Å². The lowest BCUT2D eigenvalue weighted by Gasteiger charge is -2.24.